The monoisotopic (exact) mass is 243 g/mol. The maximum atomic E-state index is 6.14. The molecule has 18 heavy (non-hydrogen) atoms. The van der Waals surface area contributed by atoms with Gasteiger partial charge in [0.1, 0.15) is 0 Å². The molecule has 3 nitrogen and oxygen atoms in total. The van der Waals surface area contributed by atoms with Crippen LogP contribution in [-0.2, 0) is 6.54 Å². The summed E-state index contributed by atoms with van der Waals surface area (Å²) in [6.07, 6.45) is 3.78. The van der Waals surface area contributed by atoms with E-state index in [0.717, 1.165) is 12.2 Å². The molecule has 2 N–H and O–H groups in total. The number of hydrogen-bond donors (Lipinski definition) is 1. The van der Waals surface area contributed by atoms with Gasteiger partial charge in [-0.3, -0.25) is 0 Å². The molecular formula is C15H21N3. The molecule has 0 bridgehead atoms. The second-order valence-electron chi connectivity index (χ2n) is 5.15. The molecule has 1 atom stereocenters. The number of aryl methyl sites for hydroxylation is 1. The van der Waals surface area contributed by atoms with E-state index in [0.29, 0.717) is 5.92 Å². The van der Waals surface area contributed by atoms with E-state index < -0.39 is 0 Å². The van der Waals surface area contributed by atoms with Crippen molar-refractivity contribution in [3.8, 4) is 11.3 Å². The fourth-order valence-electron chi connectivity index (χ4n) is 1.99. The van der Waals surface area contributed by atoms with Crippen molar-refractivity contribution >= 4 is 0 Å². The Hall–Kier alpha value is -1.61. The summed E-state index contributed by atoms with van der Waals surface area (Å²) in [5, 5.41) is 0. The summed E-state index contributed by atoms with van der Waals surface area (Å²) in [7, 11) is 0. The lowest BCUT2D eigenvalue weighted by molar-refractivity contribution is 0.435. The lowest BCUT2D eigenvalue weighted by Gasteiger charge is -2.18. The van der Waals surface area contributed by atoms with E-state index in [-0.39, 0.29) is 6.04 Å². The van der Waals surface area contributed by atoms with Gasteiger partial charge in [-0.25, -0.2) is 4.98 Å². The quantitative estimate of drug-likeness (QED) is 0.897. The van der Waals surface area contributed by atoms with Gasteiger partial charge >= 0.3 is 0 Å². The van der Waals surface area contributed by atoms with Crippen LogP contribution in [0.1, 0.15) is 19.4 Å². The third-order valence-corrected chi connectivity index (χ3v) is 3.40. The topological polar surface area (TPSA) is 43.8 Å². The van der Waals surface area contributed by atoms with Crippen LogP contribution in [0.25, 0.3) is 11.3 Å². The Morgan fingerprint density at radius 2 is 2.00 bits per heavy atom. The highest BCUT2D eigenvalue weighted by atomic mass is 15.1. The van der Waals surface area contributed by atoms with Gasteiger partial charge < -0.3 is 10.3 Å². The minimum atomic E-state index is 0.155. The third kappa shape index (κ3) is 2.62. The van der Waals surface area contributed by atoms with Crippen molar-refractivity contribution in [2.45, 2.75) is 33.4 Å². The Bertz CT molecular complexity index is 514. The van der Waals surface area contributed by atoms with Crippen molar-refractivity contribution in [2.24, 2.45) is 11.7 Å². The molecule has 0 saturated heterocycles. The smallest absolute Gasteiger partial charge is 0.0951 e. The van der Waals surface area contributed by atoms with Gasteiger partial charge in [0.15, 0.2) is 0 Å². The van der Waals surface area contributed by atoms with Crippen LogP contribution in [0.4, 0.5) is 0 Å². The summed E-state index contributed by atoms with van der Waals surface area (Å²) in [4.78, 5) is 4.26. The van der Waals surface area contributed by atoms with Crippen molar-refractivity contribution in [2.75, 3.05) is 0 Å². The van der Waals surface area contributed by atoms with Gasteiger partial charge in [-0.15, -0.1) is 0 Å². The van der Waals surface area contributed by atoms with Crippen molar-refractivity contribution in [3.63, 3.8) is 0 Å². The molecule has 0 spiro atoms. The highest BCUT2D eigenvalue weighted by molar-refractivity contribution is 5.63. The van der Waals surface area contributed by atoms with Crippen LogP contribution in [-0.4, -0.2) is 15.6 Å². The van der Waals surface area contributed by atoms with E-state index >= 15 is 0 Å². The van der Waals surface area contributed by atoms with Crippen LogP contribution in [0.2, 0.25) is 0 Å². The fourth-order valence-corrected chi connectivity index (χ4v) is 1.99. The van der Waals surface area contributed by atoms with Crippen molar-refractivity contribution in [1.29, 1.82) is 0 Å². The second-order valence-corrected chi connectivity index (χ2v) is 5.15. The molecule has 1 aromatic carbocycles. The predicted octanol–water partition coefficient (Wildman–Crippen LogP) is 2.84. The largest absolute Gasteiger partial charge is 0.329 e. The standard InChI is InChI=1S/C15H21N3/c1-11(2)14(16)9-18-10-17-8-15(18)13-7-5-4-6-12(13)3/h4-8,10-11,14H,9,16H2,1-3H3. The van der Waals surface area contributed by atoms with E-state index in [1.165, 1.54) is 11.1 Å². The van der Waals surface area contributed by atoms with Crippen LogP contribution in [0, 0.1) is 12.8 Å². The first-order valence-corrected chi connectivity index (χ1v) is 6.41. The molecule has 0 aliphatic carbocycles. The Balaban J connectivity index is 2.31. The van der Waals surface area contributed by atoms with Crippen LogP contribution in [0.15, 0.2) is 36.8 Å². The van der Waals surface area contributed by atoms with E-state index in [1.54, 1.807) is 0 Å². The number of rotatable bonds is 4. The first-order valence-electron chi connectivity index (χ1n) is 6.41. The predicted molar refractivity (Wildman–Crippen MR) is 75.2 cm³/mol. The van der Waals surface area contributed by atoms with Crippen LogP contribution >= 0.6 is 0 Å². The Labute approximate surface area is 109 Å². The maximum Gasteiger partial charge on any atom is 0.0951 e. The first kappa shape index (κ1) is 12.8. The summed E-state index contributed by atoms with van der Waals surface area (Å²) in [6, 6.07) is 8.52. The molecule has 1 heterocycles. The van der Waals surface area contributed by atoms with Gasteiger partial charge in [-0.05, 0) is 18.4 Å². The molecule has 0 aliphatic rings. The van der Waals surface area contributed by atoms with Crippen molar-refractivity contribution in [1.82, 2.24) is 9.55 Å². The highest BCUT2D eigenvalue weighted by Crippen LogP contribution is 2.23. The normalized spacial score (nSPS) is 12.9. The lowest BCUT2D eigenvalue weighted by Crippen LogP contribution is -2.31. The van der Waals surface area contributed by atoms with E-state index in [2.05, 4.69) is 54.6 Å². The molecular weight excluding hydrogens is 222 g/mol. The van der Waals surface area contributed by atoms with E-state index in [4.69, 9.17) is 5.73 Å². The van der Waals surface area contributed by atoms with Crippen molar-refractivity contribution in [3.05, 3.63) is 42.4 Å². The molecule has 0 aliphatic heterocycles. The zero-order chi connectivity index (χ0) is 13.1. The molecule has 3 heteroatoms. The number of benzene rings is 1. The van der Waals surface area contributed by atoms with Crippen LogP contribution < -0.4 is 5.73 Å². The highest BCUT2D eigenvalue weighted by Gasteiger charge is 2.12. The minimum absolute atomic E-state index is 0.155. The summed E-state index contributed by atoms with van der Waals surface area (Å²) in [5.41, 5.74) is 9.78. The van der Waals surface area contributed by atoms with Gasteiger partial charge in [0, 0.05) is 18.2 Å². The maximum absolute atomic E-state index is 6.14. The number of nitrogens with two attached hydrogens (primary N) is 1. The van der Waals surface area contributed by atoms with Gasteiger partial charge in [0.2, 0.25) is 0 Å². The number of imidazole rings is 1. The fraction of sp³-hybridized carbons (Fsp3) is 0.400. The molecule has 1 aromatic heterocycles. The van der Waals surface area contributed by atoms with Gasteiger partial charge in [-0.1, -0.05) is 38.1 Å². The number of aromatic nitrogens is 2. The summed E-state index contributed by atoms with van der Waals surface area (Å²) in [5.74, 6) is 0.470. The summed E-state index contributed by atoms with van der Waals surface area (Å²) >= 11 is 0. The molecule has 2 rings (SSSR count). The molecule has 0 fully saturated rings. The number of hydrogen-bond acceptors (Lipinski definition) is 2. The molecule has 96 valence electrons. The van der Waals surface area contributed by atoms with Gasteiger partial charge in [-0.2, -0.15) is 0 Å². The molecule has 1 unspecified atom stereocenters. The Kier molecular flexibility index (Phi) is 3.82. The lowest BCUT2D eigenvalue weighted by atomic mass is 10.0. The minimum Gasteiger partial charge on any atom is -0.329 e. The zero-order valence-electron chi connectivity index (χ0n) is 11.3. The molecule has 0 saturated carbocycles. The van der Waals surface area contributed by atoms with Crippen LogP contribution in [0.5, 0.6) is 0 Å². The van der Waals surface area contributed by atoms with Gasteiger partial charge in [0.25, 0.3) is 0 Å². The van der Waals surface area contributed by atoms with Crippen molar-refractivity contribution < 1.29 is 0 Å². The average molecular weight is 243 g/mol. The molecule has 0 amide bonds. The van der Waals surface area contributed by atoms with E-state index in [1.807, 2.05) is 12.5 Å². The van der Waals surface area contributed by atoms with E-state index in [9.17, 15) is 0 Å². The summed E-state index contributed by atoms with van der Waals surface area (Å²) in [6.45, 7) is 7.22. The second kappa shape index (κ2) is 5.36. The Morgan fingerprint density at radius 1 is 1.28 bits per heavy atom. The zero-order valence-corrected chi connectivity index (χ0v) is 11.3. The van der Waals surface area contributed by atoms with Gasteiger partial charge in [0.05, 0.1) is 18.2 Å². The number of nitrogens with zero attached hydrogens (tertiary/aromatic N) is 2. The molecule has 2 aromatic rings. The SMILES string of the molecule is Cc1ccccc1-c1cncn1CC(N)C(C)C. The molecule has 0 radical (unpaired) electrons. The third-order valence-electron chi connectivity index (χ3n) is 3.40. The Morgan fingerprint density at radius 3 is 2.67 bits per heavy atom. The average Bonchev–Trinajstić information content (AvgIpc) is 2.77. The first-order chi connectivity index (χ1) is 8.59. The van der Waals surface area contributed by atoms with Crippen LogP contribution in [0.3, 0.4) is 0 Å². The summed E-state index contributed by atoms with van der Waals surface area (Å²) < 4.78 is 2.15.